The predicted octanol–water partition coefficient (Wildman–Crippen LogP) is 2.72. The highest BCUT2D eigenvalue weighted by Crippen LogP contribution is 2.25. The topological polar surface area (TPSA) is 101 Å². The van der Waals surface area contributed by atoms with Crippen LogP contribution in [0.5, 0.6) is 0 Å². The Kier molecular flexibility index (Phi) is 6.42. The number of morpholine rings is 1. The van der Waals surface area contributed by atoms with E-state index in [4.69, 9.17) is 4.74 Å². The maximum atomic E-state index is 13.0. The third-order valence-electron chi connectivity index (χ3n) is 4.86. The number of anilines is 1. The number of aryl methyl sites for hydroxylation is 1. The zero-order valence-corrected chi connectivity index (χ0v) is 18.6. The Morgan fingerprint density at radius 1 is 1.26 bits per heavy atom. The summed E-state index contributed by atoms with van der Waals surface area (Å²) in [6.07, 6.45) is 3.52. The Morgan fingerprint density at radius 2 is 2.06 bits per heavy atom. The van der Waals surface area contributed by atoms with Crippen LogP contribution in [0.3, 0.4) is 0 Å². The van der Waals surface area contributed by atoms with Crippen molar-refractivity contribution in [3.63, 3.8) is 0 Å². The summed E-state index contributed by atoms with van der Waals surface area (Å²) >= 11 is 1.45. The summed E-state index contributed by atoms with van der Waals surface area (Å²) in [5, 5.41) is 5.42. The van der Waals surface area contributed by atoms with Crippen molar-refractivity contribution >= 4 is 33.0 Å². The number of hydrogen-bond acceptors (Lipinski definition) is 7. The molecule has 1 fully saturated rings. The number of ether oxygens (including phenoxy) is 1. The van der Waals surface area contributed by atoms with Gasteiger partial charge in [0.25, 0.3) is 0 Å². The fourth-order valence-corrected chi connectivity index (χ4v) is 5.73. The lowest BCUT2D eigenvalue weighted by molar-refractivity contribution is -0.115. The molecule has 0 unspecified atom stereocenters. The minimum Gasteiger partial charge on any atom is -0.379 e. The number of rotatable bonds is 6. The van der Waals surface area contributed by atoms with Gasteiger partial charge in [-0.1, -0.05) is 6.07 Å². The first-order chi connectivity index (χ1) is 14.9. The van der Waals surface area contributed by atoms with Gasteiger partial charge in [-0.15, -0.1) is 11.3 Å². The Labute approximate surface area is 185 Å². The van der Waals surface area contributed by atoms with E-state index in [1.54, 1.807) is 31.5 Å². The molecule has 10 heteroatoms. The van der Waals surface area contributed by atoms with Gasteiger partial charge in [-0.3, -0.25) is 9.78 Å². The van der Waals surface area contributed by atoms with Crippen molar-refractivity contribution in [2.75, 3.05) is 31.6 Å². The number of sulfonamides is 1. The van der Waals surface area contributed by atoms with Crippen molar-refractivity contribution in [1.29, 1.82) is 0 Å². The number of thiazole rings is 1. The first-order valence-corrected chi connectivity index (χ1v) is 12.1. The number of nitrogens with zero attached hydrogens (tertiary/aromatic N) is 3. The molecule has 1 aromatic carbocycles. The van der Waals surface area contributed by atoms with Crippen LogP contribution >= 0.6 is 11.3 Å². The molecule has 1 aliphatic rings. The highest BCUT2D eigenvalue weighted by Gasteiger charge is 2.28. The van der Waals surface area contributed by atoms with E-state index in [0.717, 1.165) is 10.6 Å². The van der Waals surface area contributed by atoms with E-state index in [9.17, 15) is 13.2 Å². The summed E-state index contributed by atoms with van der Waals surface area (Å²) in [7, 11) is -3.65. The van der Waals surface area contributed by atoms with Crippen molar-refractivity contribution in [1.82, 2.24) is 14.3 Å². The molecule has 8 nitrogen and oxygen atoms in total. The maximum absolute atomic E-state index is 13.0. The lowest BCUT2D eigenvalue weighted by Gasteiger charge is -2.26. The Balaban J connectivity index is 1.47. The normalized spacial score (nSPS) is 15.0. The number of carbonyl (C=O) groups is 1. The van der Waals surface area contributed by atoms with Gasteiger partial charge in [0.15, 0.2) is 0 Å². The van der Waals surface area contributed by atoms with Crippen molar-refractivity contribution in [3.8, 4) is 10.6 Å². The lowest BCUT2D eigenvalue weighted by Crippen LogP contribution is -2.40. The van der Waals surface area contributed by atoms with Gasteiger partial charge >= 0.3 is 0 Å². The molecule has 1 N–H and O–H groups in total. The van der Waals surface area contributed by atoms with Gasteiger partial charge in [-0.2, -0.15) is 4.31 Å². The minimum atomic E-state index is -3.65. The molecule has 4 rings (SSSR count). The van der Waals surface area contributed by atoms with Gasteiger partial charge in [0, 0.05) is 42.1 Å². The van der Waals surface area contributed by atoms with Gasteiger partial charge in [-0.05, 0) is 36.8 Å². The average Bonchev–Trinajstić information content (AvgIpc) is 3.24. The molecule has 0 saturated carbocycles. The van der Waals surface area contributed by atoms with Crippen LogP contribution in [0.1, 0.15) is 11.3 Å². The number of benzene rings is 1. The smallest absolute Gasteiger partial charge is 0.243 e. The van der Waals surface area contributed by atoms with Gasteiger partial charge in [0.1, 0.15) is 5.01 Å². The Morgan fingerprint density at radius 3 is 2.81 bits per heavy atom. The van der Waals surface area contributed by atoms with Crippen LogP contribution < -0.4 is 5.32 Å². The van der Waals surface area contributed by atoms with E-state index in [0.29, 0.717) is 43.2 Å². The molecule has 0 radical (unpaired) electrons. The first kappa shape index (κ1) is 21.6. The van der Waals surface area contributed by atoms with Crippen LogP contribution in [0.25, 0.3) is 10.6 Å². The van der Waals surface area contributed by atoms with E-state index in [-0.39, 0.29) is 17.2 Å². The van der Waals surface area contributed by atoms with Crippen LogP contribution in [0.2, 0.25) is 0 Å². The third-order valence-corrected chi connectivity index (χ3v) is 7.84. The SMILES string of the molecule is Cc1ccc(NC(=O)Cc2csc(-c3cccnc3)n2)cc1S(=O)(=O)N1CCOCC1. The molecule has 1 saturated heterocycles. The number of amides is 1. The van der Waals surface area contributed by atoms with Gasteiger partial charge in [0.2, 0.25) is 15.9 Å². The van der Waals surface area contributed by atoms with Crippen molar-refractivity contribution < 1.29 is 17.9 Å². The summed E-state index contributed by atoms with van der Waals surface area (Å²) in [4.78, 5) is 21.3. The molecule has 3 heterocycles. The van der Waals surface area contributed by atoms with E-state index < -0.39 is 10.0 Å². The van der Waals surface area contributed by atoms with E-state index in [2.05, 4.69) is 15.3 Å². The minimum absolute atomic E-state index is 0.0934. The predicted molar refractivity (Wildman–Crippen MR) is 118 cm³/mol. The number of hydrogen-bond donors (Lipinski definition) is 1. The quantitative estimate of drug-likeness (QED) is 0.610. The third kappa shape index (κ3) is 4.99. The van der Waals surface area contributed by atoms with Crippen LogP contribution in [0.4, 0.5) is 5.69 Å². The van der Waals surface area contributed by atoms with Crippen LogP contribution in [0, 0.1) is 6.92 Å². The zero-order chi connectivity index (χ0) is 21.8. The lowest BCUT2D eigenvalue weighted by atomic mass is 10.2. The molecule has 2 aromatic heterocycles. The first-order valence-electron chi connectivity index (χ1n) is 9.77. The van der Waals surface area contributed by atoms with Gasteiger partial charge in [0.05, 0.1) is 30.2 Å². The fourth-order valence-electron chi connectivity index (χ4n) is 3.26. The van der Waals surface area contributed by atoms with Crippen molar-refractivity contribution in [2.45, 2.75) is 18.2 Å². The van der Waals surface area contributed by atoms with E-state index >= 15 is 0 Å². The molecule has 31 heavy (non-hydrogen) atoms. The molecule has 0 spiro atoms. The molecule has 1 aliphatic heterocycles. The molecule has 0 atom stereocenters. The molecule has 162 valence electrons. The Hall–Kier alpha value is -2.66. The average molecular weight is 459 g/mol. The van der Waals surface area contributed by atoms with Crippen molar-refractivity contribution in [2.24, 2.45) is 0 Å². The molecular weight excluding hydrogens is 436 g/mol. The highest BCUT2D eigenvalue weighted by molar-refractivity contribution is 7.89. The van der Waals surface area contributed by atoms with Crippen LogP contribution in [0.15, 0.2) is 53.0 Å². The number of carbonyl (C=O) groups excluding carboxylic acids is 1. The standard InChI is InChI=1S/C21H22N4O4S2/c1-15-4-5-17(11-19(15)31(27,28)25-7-9-29-10-8-25)23-20(26)12-18-14-30-21(24-18)16-3-2-6-22-13-16/h2-6,11,13-14H,7-10,12H2,1H3,(H,23,26). The second kappa shape index (κ2) is 9.23. The second-order valence-electron chi connectivity index (χ2n) is 7.11. The highest BCUT2D eigenvalue weighted by atomic mass is 32.2. The molecule has 0 aliphatic carbocycles. The number of nitrogens with one attached hydrogen (secondary N) is 1. The molecular formula is C21H22N4O4S2. The summed E-state index contributed by atoms with van der Waals surface area (Å²) in [5.74, 6) is -0.262. The van der Waals surface area contributed by atoms with Crippen LogP contribution in [-0.2, 0) is 26.0 Å². The summed E-state index contributed by atoms with van der Waals surface area (Å²) in [5.41, 5.74) is 2.61. The van der Waals surface area contributed by atoms with Crippen molar-refractivity contribution in [3.05, 3.63) is 59.4 Å². The van der Waals surface area contributed by atoms with Crippen LogP contribution in [-0.4, -0.2) is 54.9 Å². The molecule has 1 amide bonds. The maximum Gasteiger partial charge on any atom is 0.243 e. The van der Waals surface area contributed by atoms with Gasteiger partial charge in [-0.25, -0.2) is 13.4 Å². The zero-order valence-electron chi connectivity index (χ0n) is 16.9. The number of aromatic nitrogens is 2. The van der Waals surface area contributed by atoms with E-state index in [1.807, 2.05) is 17.5 Å². The van der Waals surface area contributed by atoms with E-state index in [1.165, 1.54) is 21.7 Å². The molecule has 3 aromatic rings. The Bertz CT molecular complexity index is 1170. The fraction of sp³-hybridized carbons (Fsp3) is 0.286. The molecule has 0 bridgehead atoms. The largest absolute Gasteiger partial charge is 0.379 e. The summed E-state index contributed by atoms with van der Waals surface area (Å²) in [6.45, 7) is 3.14. The second-order valence-corrected chi connectivity index (χ2v) is 9.87. The summed E-state index contributed by atoms with van der Waals surface area (Å²) < 4.78 is 32.7. The van der Waals surface area contributed by atoms with Gasteiger partial charge < -0.3 is 10.1 Å². The monoisotopic (exact) mass is 458 g/mol. The summed E-state index contributed by atoms with van der Waals surface area (Å²) in [6, 6.07) is 8.67. The number of pyridine rings is 1.